The summed E-state index contributed by atoms with van der Waals surface area (Å²) < 4.78 is 0. The van der Waals surface area contributed by atoms with Crippen LogP contribution < -0.4 is 0 Å². The van der Waals surface area contributed by atoms with Gasteiger partial charge in [-0.15, -0.1) is 0 Å². The van der Waals surface area contributed by atoms with Crippen molar-refractivity contribution in [3.63, 3.8) is 0 Å². The maximum Gasteiger partial charge on any atom is 0.0381 e. The van der Waals surface area contributed by atoms with Crippen LogP contribution in [0.2, 0.25) is 0 Å². The lowest BCUT2D eigenvalue weighted by Gasteiger charge is -2.59. The largest absolute Gasteiger partial charge is 0.295 e. The lowest BCUT2D eigenvalue weighted by molar-refractivity contribution is -0.0966. The molecule has 4 nitrogen and oxygen atoms in total. The van der Waals surface area contributed by atoms with Crippen LogP contribution >= 0.6 is 0 Å². The van der Waals surface area contributed by atoms with E-state index in [-0.39, 0.29) is 0 Å². The van der Waals surface area contributed by atoms with Crippen molar-refractivity contribution in [1.29, 1.82) is 0 Å². The molecule has 0 saturated carbocycles. The molecule has 0 N–H and O–H groups in total. The van der Waals surface area contributed by atoms with E-state index in [4.69, 9.17) is 0 Å². The fraction of sp³-hybridized carbons (Fsp3) is 1.00. The van der Waals surface area contributed by atoms with Crippen LogP contribution in [0.3, 0.4) is 0 Å². The standard InChI is InChI=1S/C24H46N4/c1-17(2)27-15-23-21(27)9-7-13-25(23)19(5)11-12-20(6)26-14-8-10-22-24(26)16-28(22)18(3)4/h17-24H,7-16H2,1-6H3. The molecule has 4 saturated heterocycles. The summed E-state index contributed by atoms with van der Waals surface area (Å²) in [5, 5.41) is 0. The Hall–Kier alpha value is -0.160. The number of hydrogen-bond donors (Lipinski definition) is 0. The van der Waals surface area contributed by atoms with Crippen molar-refractivity contribution in [2.24, 2.45) is 0 Å². The Labute approximate surface area is 174 Å². The highest BCUT2D eigenvalue weighted by Crippen LogP contribution is 2.37. The molecule has 4 rings (SSSR count). The topological polar surface area (TPSA) is 13.0 Å². The maximum absolute atomic E-state index is 2.88. The molecule has 4 fully saturated rings. The van der Waals surface area contributed by atoms with Crippen LogP contribution in [-0.4, -0.2) is 94.1 Å². The van der Waals surface area contributed by atoms with Gasteiger partial charge in [0.2, 0.25) is 0 Å². The summed E-state index contributed by atoms with van der Waals surface area (Å²) in [6.07, 6.45) is 8.37. The van der Waals surface area contributed by atoms with Crippen molar-refractivity contribution in [3.05, 3.63) is 0 Å². The fourth-order valence-electron chi connectivity index (χ4n) is 6.87. The highest BCUT2D eigenvalue weighted by atomic mass is 15.4. The van der Waals surface area contributed by atoms with E-state index in [0.29, 0.717) is 0 Å². The van der Waals surface area contributed by atoms with Crippen LogP contribution in [0.25, 0.3) is 0 Å². The van der Waals surface area contributed by atoms with E-state index in [1.54, 1.807) is 0 Å². The molecule has 4 aliphatic rings. The Morgan fingerprint density at radius 3 is 1.32 bits per heavy atom. The third-order valence-electron chi connectivity index (χ3n) is 8.68. The predicted molar refractivity (Wildman–Crippen MR) is 119 cm³/mol. The van der Waals surface area contributed by atoms with Crippen LogP contribution in [0, 0.1) is 0 Å². The minimum Gasteiger partial charge on any atom is -0.295 e. The van der Waals surface area contributed by atoms with E-state index in [1.807, 2.05) is 0 Å². The Morgan fingerprint density at radius 2 is 0.964 bits per heavy atom. The molecule has 6 unspecified atom stereocenters. The summed E-state index contributed by atoms with van der Waals surface area (Å²) in [6, 6.07) is 6.30. The second-order valence-corrected chi connectivity index (χ2v) is 10.9. The minimum absolute atomic E-state index is 0.719. The van der Waals surface area contributed by atoms with Crippen LogP contribution in [0.5, 0.6) is 0 Å². The first-order chi connectivity index (χ1) is 13.4. The number of hydrogen-bond acceptors (Lipinski definition) is 4. The van der Waals surface area contributed by atoms with Gasteiger partial charge in [0.15, 0.2) is 0 Å². The highest BCUT2D eigenvalue weighted by molar-refractivity contribution is 5.05. The normalized spacial score (nSPS) is 37.3. The van der Waals surface area contributed by atoms with Gasteiger partial charge in [0.05, 0.1) is 0 Å². The van der Waals surface area contributed by atoms with Gasteiger partial charge < -0.3 is 0 Å². The summed E-state index contributed by atoms with van der Waals surface area (Å²) in [5.74, 6) is 0. The molecule has 0 aliphatic carbocycles. The Bertz CT molecular complexity index is 475. The predicted octanol–water partition coefficient (Wildman–Crippen LogP) is 3.66. The zero-order valence-electron chi connectivity index (χ0n) is 19.5. The van der Waals surface area contributed by atoms with Crippen LogP contribution in [0.4, 0.5) is 0 Å². The van der Waals surface area contributed by atoms with Crippen molar-refractivity contribution in [1.82, 2.24) is 19.6 Å². The number of piperidine rings is 2. The third-order valence-corrected chi connectivity index (χ3v) is 8.68. The summed E-state index contributed by atoms with van der Waals surface area (Å²) in [4.78, 5) is 11.2. The van der Waals surface area contributed by atoms with Gasteiger partial charge in [0.1, 0.15) is 0 Å². The second-order valence-electron chi connectivity index (χ2n) is 10.9. The molecule has 0 aromatic heterocycles. The van der Waals surface area contributed by atoms with Crippen LogP contribution in [0.1, 0.15) is 80.1 Å². The summed E-state index contributed by atoms with van der Waals surface area (Å²) in [5.41, 5.74) is 0. The molecule has 0 amide bonds. The summed E-state index contributed by atoms with van der Waals surface area (Å²) in [7, 11) is 0. The number of nitrogens with zero attached hydrogens (tertiary/aromatic N) is 4. The second kappa shape index (κ2) is 8.53. The van der Waals surface area contributed by atoms with Crippen LogP contribution in [0.15, 0.2) is 0 Å². The first-order valence-corrected chi connectivity index (χ1v) is 12.4. The molecule has 0 bridgehead atoms. The quantitative estimate of drug-likeness (QED) is 0.658. The van der Waals surface area contributed by atoms with E-state index in [9.17, 15) is 0 Å². The molecular weight excluding hydrogens is 344 g/mol. The first kappa shape index (κ1) is 21.1. The number of rotatable bonds is 7. The molecule has 6 atom stereocenters. The van der Waals surface area contributed by atoms with Crippen molar-refractivity contribution >= 4 is 0 Å². The molecule has 4 aliphatic heterocycles. The van der Waals surface area contributed by atoms with Gasteiger partial charge in [-0.2, -0.15) is 0 Å². The van der Waals surface area contributed by atoms with Crippen molar-refractivity contribution in [2.75, 3.05) is 26.2 Å². The monoisotopic (exact) mass is 390 g/mol. The Kier molecular flexibility index (Phi) is 6.42. The van der Waals surface area contributed by atoms with Gasteiger partial charge >= 0.3 is 0 Å². The van der Waals surface area contributed by atoms with Gasteiger partial charge in [-0.05, 0) is 93.2 Å². The first-order valence-electron chi connectivity index (χ1n) is 12.4. The SMILES string of the molecule is CC(C)N1CC2C1CCCN2C(C)CCC(C)N1CCCC2C1CN2C(C)C. The van der Waals surface area contributed by atoms with Gasteiger partial charge in [-0.1, -0.05) is 0 Å². The lowest BCUT2D eigenvalue weighted by atomic mass is 9.83. The minimum atomic E-state index is 0.719. The van der Waals surface area contributed by atoms with E-state index < -0.39 is 0 Å². The third kappa shape index (κ3) is 3.79. The Balaban J connectivity index is 1.26. The van der Waals surface area contributed by atoms with E-state index in [1.165, 1.54) is 64.7 Å². The number of likely N-dealkylation sites (tertiary alicyclic amines) is 4. The van der Waals surface area contributed by atoms with Gasteiger partial charge in [0, 0.05) is 61.4 Å². The molecule has 28 heavy (non-hydrogen) atoms. The fourth-order valence-corrected chi connectivity index (χ4v) is 6.87. The summed E-state index contributed by atoms with van der Waals surface area (Å²) in [6.45, 7) is 19.8. The smallest absolute Gasteiger partial charge is 0.0381 e. The van der Waals surface area contributed by atoms with Crippen molar-refractivity contribution in [3.8, 4) is 0 Å². The molecule has 0 aromatic carbocycles. The lowest BCUT2D eigenvalue weighted by Crippen LogP contribution is -2.72. The van der Waals surface area contributed by atoms with Gasteiger partial charge in [-0.25, -0.2) is 0 Å². The molecule has 0 aromatic rings. The average molecular weight is 391 g/mol. The average Bonchev–Trinajstić information content (AvgIpc) is 2.60. The molecule has 4 heterocycles. The highest BCUT2D eigenvalue weighted by Gasteiger charge is 2.47. The van der Waals surface area contributed by atoms with E-state index in [2.05, 4.69) is 61.1 Å². The maximum atomic E-state index is 2.88. The molecule has 162 valence electrons. The molecule has 0 spiro atoms. The van der Waals surface area contributed by atoms with E-state index >= 15 is 0 Å². The van der Waals surface area contributed by atoms with Gasteiger partial charge in [-0.3, -0.25) is 19.6 Å². The zero-order chi connectivity index (χ0) is 20.0. The zero-order valence-corrected chi connectivity index (χ0v) is 19.5. The summed E-state index contributed by atoms with van der Waals surface area (Å²) >= 11 is 0. The van der Waals surface area contributed by atoms with Crippen molar-refractivity contribution in [2.45, 2.75) is 128 Å². The Morgan fingerprint density at radius 1 is 0.571 bits per heavy atom. The van der Waals surface area contributed by atoms with Crippen LogP contribution in [-0.2, 0) is 0 Å². The molecular formula is C24H46N4. The molecule has 4 heteroatoms. The van der Waals surface area contributed by atoms with Crippen molar-refractivity contribution < 1.29 is 0 Å². The number of fused-ring (bicyclic) bond motifs is 2. The van der Waals surface area contributed by atoms with Gasteiger partial charge in [0.25, 0.3) is 0 Å². The van der Waals surface area contributed by atoms with E-state index in [0.717, 1.165) is 48.3 Å². The molecule has 0 radical (unpaired) electrons.